The molecule has 0 atom stereocenters. The van der Waals surface area contributed by atoms with Crippen molar-refractivity contribution in [1.29, 1.82) is 0 Å². The second-order valence-electron chi connectivity index (χ2n) is 5.15. The van der Waals surface area contributed by atoms with Crippen LogP contribution in [0.3, 0.4) is 0 Å². The van der Waals surface area contributed by atoms with E-state index in [2.05, 4.69) is 5.32 Å². The molecule has 0 aliphatic heterocycles. The van der Waals surface area contributed by atoms with E-state index in [0.717, 1.165) is 11.1 Å². The van der Waals surface area contributed by atoms with Crippen molar-refractivity contribution in [2.24, 2.45) is 0 Å². The fourth-order valence-electron chi connectivity index (χ4n) is 2.10. The highest BCUT2D eigenvalue weighted by Crippen LogP contribution is 2.28. The summed E-state index contributed by atoms with van der Waals surface area (Å²) in [4.78, 5) is 23.9. The van der Waals surface area contributed by atoms with Crippen molar-refractivity contribution in [3.63, 3.8) is 0 Å². The Morgan fingerprint density at radius 3 is 2.52 bits per heavy atom. The summed E-state index contributed by atoms with van der Waals surface area (Å²) < 4.78 is 30.0. The van der Waals surface area contributed by atoms with Crippen LogP contribution in [0.2, 0.25) is 0 Å². The van der Waals surface area contributed by atoms with E-state index in [0.29, 0.717) is 6.54 Å². The summed E-state index contributed by atoms with van der Waals surface area (Å²) in [6, 6.07) is 13.5. The van der Waals surface area contributed by atoms with Gasteiger partial charge in [0.2, 0.25) is 0 Å². The predicted molar refractivity (Wildman–Crippen MR) is 91.6 cm³/mol. The third-order valence-electron chi connectivity index (χ3n) is 3.39. The second kappa shape index (κ2) is 9.17. The molecule has 4 nitrogen and oxygen atoms in total. The highest BCUT2D eigenvalue weighted by molar-refractivity contribution is 7.99. The van der Waals surface area contributed by atoms with Crippen molar-refractivity contribution in [1.82, 2.24) is 5.32 Å². The largest absolute Gasteiger partial charge is 0.452 e. The molecule has 1 N–H and O–H groups in total. The van der Waals surface area contributed by atoms with Crippen molar-refractivity contribution in [3.8, 4) is 0 Å². The maximum atomic E-state index is 12.5. The Morgan fingerprint density at radius 2 is 1.80 bits per heavy atom. The number of halogens is 2. The van der Waals surface area contributed by atoms with Crippen molar-refractivity contribution in [2.45, 2.75) is 24.1 Å². The van der Waals surface area contributed by atoms with Gasteiger partial charge in [0.15, 0.2) is 6.61 Å². The van der Waals surface area contributed by atoms with E-state index in [1.807, 2.05) is 31.2 Å². The number of rotatable bonds is 7. The van der Waals surface area contributed by atoms with Crippen LogP contribution >= 0.6 is 11.8 Å². The minimum Gasteiger partial charge on any atom is -0.452 e. The van der Waals surface area contributed by atoms with Crippen LogP contribution in [-0.2, 0) is 16.1 Å². The molecule has 0 heterocycles. The normalized spacial score (nSPS) is 10.6. The maximum Gasteiger partial charge on any atom is 0.339 e. The Labute approximate surface area is 148 Å². The summed E-state index contributed by atoms with van der Waals surface area (Å²) >= 11 is 0.262. The molecule has 2 aromatic rings. The number of aryl methyl sites for hydroxylation is 1. The molecular weight excluding hydrogens is 348 g/mol. The molecule has 0 aromatic heterocycles. The summed E-state index contributed by atoms with van der Waals surface area (Å²) in [5.74, 6) is -3.92. The number of hydrogen-bond acceptors (Lipinski definition) is 4. The molecule has 0 saturated heterocycles. The molecule has 2 rings (SSSR count). The van der Waals surface area contributed by atoms with Crippen molar-refractivity contribution in [3.05, 3.63) is 65.2 Å². The Bertz CT molecular complexity index is 753. The number of alkyl halides is 2. The minimum absolute atomic E-state index is 0.0134. The topological polar surface area (TPSA) is 55.4 Å². The fourth-order valence-corrected chi connectivity index (χ4v) is 2.72. The molecule has 132 valence electrons. The van der Waals surface area contributed by atoms with Crippen molar-refractivity contribution >= 4 is 23.6 Å². The van der Waals surface area contributed by atoms with E-state index >= 15 is 0 Å². The van der Waals surface area contributed by atoms with Crippen LogP contribution in [0.5, 0.6) is 0 Å². The van der Waals surface area contributed by atoms with Gasteiger partial charge in [-0.1, -0.05) is 48.2 Å². The van der Waals surface area contributed by atoms with Crippen LogP contribution in [0.15, 0.2) is 53.4 Å². The van der Waals surface area contributed by atoms with Gasteiger partial charge in [-0.2, -0.15) is 8.78 Å². The average Bonchev–Trinajstić information content (AvgIpc) is 2.59. The molecule has 25 heavy (non-hydrogen) atoms. The smallest absolute Gasteiger partial charge is 0.339 e. The zero-order valence-corrected chi connectivity index (χ0v) is 14.3. The lowest BCUT2D eigenvalue weighted by Gasteiger charge is -2.10. The minimum atomic E-state index is -2.65. The predicted octanol–water partition coefficient (Wildman–Crippen LogP) is 3.78. The molecule has 2 aromatic carbocycles. The Kier molecular flexibility index (Phi) is 6.94. The number of ether oxygens (including phenoxy) is 1. The SMILES string of the molecule is Cc1ccccc1CNC(=O)COC(=O)c1ccccc1SC(F)F. The highest BCUT2D eigenvalue weighted by Gasteiger charge is 2.17. The number of amides is 1. The van der Waals surface area contributed by atoms with Gasteiger partial charge >= 0.3 is 5.97 Å². The number of carbonyl (C=O) groups excluding carboxylic acids is 2. The van der Waals surface area contributed by atoms with Crippen LogP contribution in [0.1, 0.15) is 21.5 Å². The standard InChI is InChI=1S/C18H17F2NO3S/c1-12-6-2-3-7-13(12)10-21-16(22)11-24-17(23)14-8-4-5-9-15(14)25-18(19)20/h2-9,18H,10-11H2,1H3,(H,21,22). The molecule has 0 saturated carbocycles. The first kappa shape index (κ1) is 18.9. The summed E-state index contributed by atoms with van der Waals surface area (Å²) in [5.41, 5.74) is 2.01. The quantitative estimate of drug-likeness (QED) is 0.599. The van der Waals surface area contributed by atoms with Crippen molar-refractivity contribution < 1.29 is 23.1 Å². The lowest BCUT2D eigenvalue weighted by Crippen LogP contribution is -2.28. The number of thioether (sulfide) groups is 1. The van der Waals surface area contributed by atoms with Gasteiger partial charge in [0, 0.05) is 11.4 Å². The van der Waals surface area contributed by atoms with Gasteiger partial charge in [0.25, 0.3) is 11.7 Å². The van der Waals surface area contributed by atoms with Gasteiger partial charge in [-0.05, 0) is 30.2 Å². The number of benzene rings is 2. The highest BCUT2D eigenvalue weighted by atomic mass is 32.2. The Morgan fingerprint density at radius 1 is 1.12 bits per heavy atom. The van der Waals surface area contributed by atoms with E-state index in [9.17, 15) is 18.4 Å². The Balaban J connectivity index is 1.87. The first-order chi connectivity index (χ1) is 12.0. The van der Waals surface area contributed by atoms with E-state index in [1.165, 1.54) is 12.1 Å². The monoisotopic (exact) mass is 365 g/mol. The lowest BCUT2D eigenvalue weighted by atomic mass is 10.1. The molecule has 0 spiro atoms. The molecule has 0 fully saturated rings. The third kappa shape index (κ3) is 5.86. The fraction of sp³-hybridized carbons (Fsp3) is 0.222. The number of esters is 1. The van der Waals surface area contributed by atoms with Gasteiger partial charge in [-0.25, -0.2) is 4.79 Å². The number of nitrogens with one attached hydrogen (secondary N) is 1. The zero-order chi connectivity index (χ0) is 18.2. The van der Waals surface area contributed by atoms with Crippen LogP contribution in [0.4, 0.5) is 8.78 Å². The lowest BCUT2D eigenvalue weighted by molar-refractivity contribution is -0.124. The van der Waals surface area contributed by atoms with E-state index in [-0.39, 0.29) is 22.2 Å². The molecule has 0 unspecified atom stereocenters. The number of carbonyl (C=O) groups is 2. The third-order valence-corrected chi connectivity index (χ3v) is 4.18. The second-order valence-corrected chi connectivity index (χ2v) is 6.19. The van der Waals surface area contributed by atoms with Crippen LogP contribution in [0, 0.1) is 6.92 Å². The first-order valence-electron chi connectivity index (χ1n) is 7.49. The Hall–Kier alpha value is -2.41. The van der Waals surface area contributed by atoms with E-state index in [1.54, 1.807) is 12.1 Å². The average molecular weight is 365 g/mol. The van der Waals surface area contributed by atoms with E-state index < -0.39 is 24.2 Å². The van der Waals surface area contributed by atoms with Gasteiger partial charge in [0.05, 0.1) is 5.56 Å². The summed E-state index contributed by atoms with van der Waals surface area (Å²) in [6.07, 6.45) is 0. The molecular formula is C18H17F2NO3S. The summed E-state index contributed by atoms with van der Waals surface area (Å²) in [6.45, 7) is 1.78. The number of hydrogen-bond donors (Lipinski definition) is 1. The van der Waals surface area contributed by atoms with Gasteiger partial charge in [-0.15, -0.1) is 0 Å². The molecule has 7 heteroatoms. The molecule has 1 amide bonds. The molecule has 0 bridgehead atoms. The zero-order valence-electron chi connectivity index (χ0n) is 13.5. The van der Waals surface area contributed by atoms with Crippen LogP contribution in [-0.4, -0.2) is 24.2 Å². The van der Waals surface area contributed by atoms with Crippen molar-refractivity contribution in [2.75, 3.05) is 6.61 Å². The summed E-state index contributed by atoms with van der Waals surface area (Å²) in [5, 5.41) is 2.65. The molecule has 0 radical (unpaired) electrons. The van der Waals surface area contributed by atoms with Gasteiger partial charge in [-0.3, -0.25) is 4.79 Å². The van der Waals surface area contributed by atoms with E-state index in [4.69, 9.17) is 4.74 Å². The molecule has 0 aliphatic rings. The van der Waals surface area contributed by atoms with Gasteiger partial charge < -0.3 is 10.1 Å². The summed E-state index contributed by atoms with van der Waals surface area (Å²) in [7, 11) is 0. The van der Waals surface area contributed by atoms with Crippen LogP contribution < -0.4 is 5.32 Å². The van der Waals surface area contributed by atoms with Gasteiger partial charge in [0.1, 0.15) is 0 Å². The maximum absolute atomic E-state index is 12.5. The first-order valence-corrected chi connectivity index (χ1v) is 8.37. The van der Waals surface area contributed by atoms with Crippen LogP contribution in [0.25, 0.3) is 0 Å². The molecule has 0 aliphatic carbocycles.